The summed E-state index contributed by atoms with van der Waals surface area (Å²) in [6.45, 7) is 1.47. The molecule has 98 valence electrons. The first kappa shape index (κ1) is 13.7. The minimum atomic E-state index is -0.0782. The Morgan fingerprint density at radius 1 is 1.39 bits per heavy atom. The number of piperidine rings is 1. The standard InChI is InChI=1S/C13H16Cl2N2O/c1-16-9-4-3-7-17(8-9)13(18)12-10(14)5-2-6-11(12)15/h2,5-6,9,16H,3-4,7-8H2,1H3. The van der Waals surface area contributed by atoms with Crippen molar-refractivity contribution in [1.29, 1.82) is 0 Å². The minimum absolute atomic E-state index is 0.0782. The molecule has 0 aliphatic carbocycles. The summed E-state index contributed by atoms with van der Waals surface area (Å²) >= 11 is 12.1. The molecule has 0 bridgehead atoms. The molecule has 0 radical (unpaired) electrons. The first-order valence-corrected chi connectivity index (χ1v) is 6.79. The number of carbonyl (C=O) groups excluding carboxylic acids is 1. The van der Waals surface area contributed by atoms with Gasteiger partial charge in [0.15, 0.2) is 0 Å². The van der Waals surface area contributed by atoms with Gasteiger partial charge in [-0.15, -0.1) is 0 Å². The summed E-state index contributed by atoms with van der Waals surface area (Å²) in [6.07, 6.45) is 2.09. The third kappa shape index (κ3) is 2.79. The van der Waals surface area contributed by atoms with E-state index >= 15 is 0 Å². The maximum atomic E-state index is 12.4. The Morgan fingerprint density at radius 2 is 2.06 bits per heavy atom. The predicted molar refractivity (Wildman–Crippen MR) is 74.4 cm³/mol. The maximum Gasteiger partial charge on any atom is 0.256 e. The van der Waals surface area contributed by atoms with Crippen LogP contribution in [0.1, 0.15) is 23.2 Å². The van der Waals surface area contributed by atoms with Crippen molar-refractivity contribution in [2.45, 2.75) is 18.9 Å². The molecule has 0 aromatic heterocycles. The normalized spacial score (nSPS) is 19.9. The minimum Gasteiger partial charge on any atom is -0.337 e. The van der Waals surface area contributed by atoms with Crippen LogP contribution < -0.4 is 5.32 Å². The lowest BCUT2D eigenvalue weighted by Gasteiger charge is -2.33. The van der Waals surface area contributed by atoms with Crippen LogP contribution in [0.4, 0.5) is 0 Å². The number of amides is 1. The number of halogens is 2. The van der Waals surface area contributed by atoms with Crippen molar-refractivity contribution in [1.82, 2.24) is 10.2 Å². The summed E-state index contributed by atoms with van der Waals surface area (Å²) in [7, 11) is 1.92. The van der Waals surface area contributed by atoms with Crippen molar-refractivity contribution >= 4 is 29.1 Å². The van der Waals surface area contributed by atoms with Gasteiger partial charge in [0.05, 0.1) is 15.6 Å². The maximum absolute atomic E-state index is 12.4. The molecule has 1 aromatic carbocycles. The zero-order valence-corrected chi connectivity index (χ0v) is 11.8. The topological polar surface area (TPSA) is 32.3 Å². The van der Waals surface area contributed by atoms with Crippen LogP contribution in [-0.4, -0.2) is 37.0 Å². The average molecular weight is 287 g/mol. The number of likely N-dealkylation sites (N-methyl/N-ethyl adjacent to an activating group) is 1. The summed E-state index contributed by atoms with van der Waals surface area (Å²) in [5.74, 6) is -0.0782. The number of hydrogen-bond donors (Lipinski definition) is 1. The molecule has 1 aliphatic heterocycles. The zero-order valence-electron chi connectivity index (χ0n) is 10.2. The Labute approximate surface area is 117 Å². The van der Waals surface area contributed by atoms with Gasteiger partial charge in [0.25, 0.3) is 5.91 Å². The molecule has 1 N–H and O–H groups in total. The number of carbonyl (C=O) groups is 1. The van der Waals surface area contributed by atoms with Gasteiger partial charge in [-0.25, -0.2) is 0 Å². The molecule has 0 spiro atoms. The van der Waals surface area contributed by atoms with Gasteiger partial charge in [0, 0.05) is 19.1 Å². The van der Waals surface area contributed by atoms with Crippen LogP contribution in [-0.2, 0) is 0 Å². The molecule has 0 saturated carbocycles. The van der Waals surface area contributed by atoms with Gasteiger partial charge >= 0.3 is 0 Å². The van der Waals surface area contributed by atoms with E-state index in [-0.39, 0.29) is 5.91 Å². The molecule has 1 fully saturated rings. The van der Waals surface area contributed by atoms with Gasteiger partial charge in [-0.2, -0.15) is 0 Å². The second-order valence-corrected chi connectivity index (χ2v) is 5.29. The number of nitrogens with zero attached hydrogens (tertiary/aromatic N) is 1. The highest BCUT2D eigenvalue weighted by molar-refractivity contribution is 6.39. The summed E-state index contributed by atoms with van der Waals surface area (Å²) in [6, 6.07) is 5.48. The smallest absolute Gasteiger partial charge is 0.256 e. The van der Waals surface area contributed by atoms with Crippen LogP contribution >= 0.6 is 23.2 Å². The van der Waals surface area contributed by atoms with Crippen LogP contribution in [0.5, 0.6) is 0 Å². The second kappa shape index (κ2) is 5.91. The first-order chi connectivity index (χ1) is 8.63. The average Bonchev–Trinajstić information content (AvgIpc) is 2.38. The molecule has 2 rings (SSSR count). The predicted octanol–water partition coefficient (Wildman–Crippen LogP) is 2.82. The van der Waals surface area contributed by atoms with Crippen molar-refractivity contribution in [2.24, 2.45) is 0 Å². The molecule has 1 aliphatic rings. The summed E-state index contributed by atoms with van der Waals surface area (Å²) in [4.78, 5) is 14.2. The van der Waals surface area contributed by atoms with E-state index in [1.807, 2.05) is 11.9 Å². The number of hydrogen-bond acceptors (Lipinski definition) is 2. The number of likely N-dealkylation sites (tertiary alicyclic amines) is 1. The highest BCUT2D eigenvalue weighted by Crippen LogP contribution is 2.26. The van der Waals surface area contributed by atoms with E-state index in [2.05, 4.69) is 5.32 Å². The van der Waals surface area contributed by atoms with E-state index in [0.29, 0.717) is 28.2 Å². The molecule has 1 heterocycles. The number of nitrogens with one attached hydrogen (secondary N) is 1. The van der Waals surface area contributed by atoms with E-state index in [9.17, 15) is 4.79 Å². The Balaban J connectivity index is 2.20. The fraction of sp³-hybridized carbons (Fsp3) is 0.462. The Bertz CT molecular complexity index is 430. The van der Waals surface area contributed by atoms with Crippen LogP contribution in [0.25, 0.3) is 0 Å². The Morgan fingerprint density at radius 3 is 2.67 bits per heavy atom. The quantitative estimate of drug-likeness (QED) is 0.907. The molecule has 1 aromatic rings. The SMILES string of the molecule is CNC1CCCN(C(=O)c2c(Cl)cccc2Cl)C1. The first-order valence-electron chi connectivity index (χ1n) is 6.04. The van der Waals surface area contributed by atoms with E-state index < -0.39 is 0 Å². The third-order valence-electron chi connectivity index (χ3n) is 3.29. The monoisotopic (exact) mass is 286 g/mol. The molecule has 5 heteroatoms. The Kier molecular flexibility index (Phi) is 4.49. The summed E-state index contributed by atoms with van der Waals surface area (Å²) in [5.41, 5.74) is 0.414. The van der Waals surface area contributed by atoms with Crippen LogP contribution in [0.15, 0.2) is 18.2 Å². The largest absolute Gasteiger partial charge is 0.337 e. The highest BCUT2D eigenvalue weighted by atomic mass is 35.5. The van der Waals surface area contributed by atoms with Gasteiger partial charge in [0.2, 0.25) is 0 Å². The number of benzene rings is 1. The van der Waals surface area contributed by atoms with Gasteiger partial charge in [-0.05, 0) is 32.0 Å². The van der Waals surface area contributed by atoms with E-state index in [1.165, 1.54) is 0 Å². The van der Waals surface area contributed by atoms with E-state index in [4.69, 9.17) is 23.2 Å². The molecule has 3 nitrogen and oxygen atoms in total. The molecule has 18 heavy (non-hydrogen) atoms. The van der Waals surface area contributed by atoms with Gasteiger partial charge in [0.1, 0.15) is 0 Å². The van der Waals surface area contributed by atoms with Crippen molar-refractivity contribution in [3.8, 4) is 0 Å². The lowest BCUT2D eigenvalue weighted by molar-refractivity contribution is 0.0698. The highest BCUT2D eigenvalue weighted by Gasteiger charge is 2.26. The van der Waals surface area contributed by atoms with Gasteiger partial charge in [-0.3, -0.25) is 4.79 Å². The van der Waals surface area contributed by atoms with Crippen LogP contribution in [0.3, 0.4) is 0 Å². The van der Waals surface area contributed by atoms with Gasteiger partial charge < -0.3 is 10.2 Å². The van der Waals surface area contributed by atoms with Crippen molar-refractivity contribution in [3.63, 3.8) is 0 Å². The van der Waals surface area contributed by atoms with E-state index in [1.54, 1.807) is 18.2 Å². The lowest BCUT2D eigenvalue weighted by Crippen LogP contribution is -2.47. The van der Waals surface area contributed by atoms with Crippen LogP contribution in [0, 0.1) is 0 Å². The molecule has 1 amide bonds. The molecular weight excluding hydrogens is 271 g/mol. The van der Waals surface area contributed by atoms with E-state index in [0.717, 1.165) is 19.4 Å². The lowest BCUT2D eigenvalue weighted by atomic mass is 10.0. The molecular formula is C13H16Cl2N2O. The second-order valence-electron chi connectivity index (χ2n) is 4.48. The number of rotatable bonds is 2. The van der Waals surface area contributed by atoms with Crippen molar-refractivity contribution < 1.29 is 4.79 Å². The van der Waals surface area contributed by atoms with Crippen molar-refractivity contribution in [3.05, 3.63) is 33.8 Å². The summed E-state index contributed by atoms with van der Waals surface area (Å²) < 4.78 is 0. The summed E-state index contributed by atoms with van der Waals surface area (Å²) in [5, 5.41) is 4.04. The fourth-order valence-corrected chi connectivity index (χ4v) is 2.82. The zero-order chi connectivity index (χ0) is 13.1. The van der Waals surface area contributed by atoms with Crippen molar-refractivity contribution in [2.75, 3.05) is 20.1 Å². The molecule has 1 atom stereocenters. The fourth-order valence-electron chi connectivity index (χ4n) is 2.26. The molecule has 1 saturated heterocycles. The van der Waals surface area contributed by atoms with Gasteiger partial charge in [-0.1, -0.05) is 29.3 Å². The Hall–Kier alpha value is -0.770. The third-order valence-corrected chi connectivity index (χ3v) is 3.92. The molecule has 1 unspecified atom stereocenters. The van der Waals surface area contributed by atoms with Crippen LogP contribution in [0.2, 0.25) is 10.0 Å².